The predicted molar refractivity (Wildman–Crippen MR) is 81.6 cm³/mol. The van der Waals surface area contributed by atoms with Crippen molar-refractivity contribution in [3.8, 4) is 0 Å². The standard InChI is InChI=1S/C13H21N3O2S2/c1-14-9-12-8-13(10-16(12)11-2-3-11)20(17,18)15-4-6-19-7-5-15/h8,10-11,14H,2-7,9H2,1H3. The maximum Gasteiger partial charge on any atom is 0.244 e. The van der Waals surface area contributed by atoms with Crippen molar-refractivity contribution in [3.63, 3.8) is 0 Å². The lowest BCUT2D eigenvalue weighted by molar-refractivity contribution is 0.443. The second kappa shape index (κ2) is 5.71. The molecule has 0 bridgehead atoms. The van der Waals surface area contributed by atoms with Gasteiger partial charge in [-0.1, -0.05) is 0 Å². The van der Waals surface area contributed by atoms with Gasteiger partial charge in [0.05, 0.1) is 0 Å². The molecule has 0 radical (unpaired) electrons. The smallest absolute Gasteiger partial charge is 0.244 e. The van der Waals surface area contributed by atoms with Gasteiger partial charge < -0.3 is 9.88 Å². The van der Waals surface area contributed by atoms with Crippen molar-refractivity contribution >= 4 is 21.8 Å². The van der Waals surface area contributed by atoms with E-state index in [2.05, 4.69) is 9.88 Å². The van der Waals surface area contributed by atoms with E-state index in [9.17, 15) is 8.42 Å². The molecule has 0 atom stereocenters. The van der Waals surface area contributed by atoms with Crippen LogP contribution in [0.3, 0.4) is 0 Å². The van der Waals surface area contributed by atoms with Gasteiger partial charge in [-0.05, 0) is 26.0 Å². The van der Waals surface area contributed by atoms with Crippen LogP contribution in [0.2, 0.25) is 0 Å². The van der Waals surface area contributed by atoms with Crippen LogP contribution in [0.15, 0.2) is 17.2 Å². The van der Waals surface area contributed by atoms with Crippen molar-refractivity contribution in [3.05, 3.63) is 18.0 Å². The van der Waals surface area contributed by atoms with Crippen molar-refractivity contribution in [2.45, 2.75) is 30.3 Å². The first kappa shape index (κ1) is 14.4. The van der Waals surface area contributed by atoms with Gasteiger partial charge >= 0.3 is 0 Å². The first-order valence-electron chi connectivity index (χ1n) is 7.06. The molecule has 2 heterocycles. The Labute approximate surface area is 124 Å². The molecule has 1 aliphatic carbocycles. The average molecular weight is 315 g/mol. The van der Waals surface area contributed by atoms with E-state index in [1.165, 1.54) is 0 Å². The Kier molecular flexibility index (Phi) is 4.12. The summed E-state index contributed by atoms with van der Waals surface area (Å²) in [6.07, 6.45) is 4.15. The Bertz CT molecular complexity index is 572. The SMILES string of the molecule is CNCc1cc(S(=O)(=O)N2CCSCC2)cn1C1CC1. The normalized spacial score (nSPS) is 21.2. The summed E-state index contributed by atoms with van der Waals surface area (Å²) < 4.78 is 29.1. The molecule has 1 aliphatic heterocycles. The first-order chi connectivity index (χ1) is 9.63. The van der Waals surface area contributed by atoms with Gasteiger partial charge in [-0.3, -0.25) is 0 Å². The molecule has 3 rings (SSSR count). The van der Waals surface area contributed by atoms with Crippen LogP contribution in [0, 0.1) is 0 Å². The van der Waals surface area contributed by atoms with Gasteiger partial charge in [0.15, 0.2) is 0 Å². The summed E-state index contributed by atoms with van der Waals surface area (Å²) in [5.74, 6) is 1.79. The number of hydrogen-bond acceptors (Lipinski definition) is 4. The van der Waals surface area contributed by atoms with E-state index in [0.717, 1.165) is 30.0 Å². The molecule has 112 valence electrons. The van der Waals surface area contributed by atoms with Crippen molar-refractivity contribution in [2.75, 3.05) is 31.6 Å². The molecule has 1 saturated heterocycles. The molecule has 0 spiro atoms. The van der Waals surface area contributed by atoms with Crippen LogP contribution in [0.4, 0.5) is 0 Å². The van der Waals surface area contributed by atoms with Crippen LogP contribution in [-0.2, 0) is 16.6 Å². The fraction of sp³-hybridized carbons (Fsp3) is 0.692. The van der Waals surface area contributed by atoms with Crippen LogP contribution in [0.5, 0.6) is 0 Å². The predicted octanol–water partition coefficient (Wildman–Crippen LogP) is 1.28. The first-order valence-corrected chi connectivity index (χ1v) is 9.65. The molecule has 5 nitrogen and oxygen atoms in total. The molecular weight excluding hydrogens is 294 g/mol. The van der Waals surface area contributed by atoms with Crippen molar-refractivity contribution < 1.29 is 8.42 Å². The minimum absolute atomic E-state index is 0.460. The molecule has 0 aromatic carbocycles. The Morgan fingerprint density at radius 3 is 2.65 bits per heavy atom. The Balaban J connectivity index is 1.90. The number of nitrogens with one attached hydrogen (secondary N) is 1. The zero-order chi connectivity index (χ0) is 14.2. The lowest BCUT2D eigenvalue weighted by Gasteiger charge is -2.25. The van der Waals surface area contributed by atoms with Gasteiger partial charge in [0.25, 0.3) is 0 Å². The van der Waals surface area contributed by atoms with Gasteiger partial charge in [-0.15, -0.1) is 0 Å². The van der Waals surface area contributed by atoms with E-state index in [-0.39, 0.29) is 0 Å². The lowest BCUT2D eigenvalue weighted by Crippen LogP contribution is -2.37. The zero-order valence-corrected chi connectivity index (χ0v) is 13.3. The van der Waals surface area contributed by atoms with E-state index in [1.807, 2.05) is 31.1 Å². The second-order valence-corrected chi connectivity index (χ2v) is 8.52. The molecule has 7 heteroatoms. The molecule has 0 unspecified atom stereocenters. The summed E-state index contributed by atoms with van der Waals surface area (Å²) in [6.45, 7) is 1.97. The number of hydrogen-bond donors (Lipinski definition) is 1. The third kappa shape index (κ3) is 2.77. The summed E-state index contributed by atoms with van der Waals surface area (Å²) in [6, 6.07) is 2.34. The number of rotatable bonds is 5. The topological polar surface area (TPSA) is 54.3 Å². The van der Waals surface area contributed by atoms with Gasteiger partial charge in [0.1, 0.15) is 4.90 Å². The molecule has 1 N–H and O–H groups in total. The zero-order valence-electron chi connectivity index (χ0n) is 11.7. The monoisotopic (exact) mass is 315 g/mol. The van der Waals surface area contributed by atoms with Gasteiger partial charge in [0.2, 0.25) is 10.0 Å². The van der Waals surface area contributed by atoms with Crippen LogP contribution in [0.1, 0.15) is 24.6 Å². The van der Waals surface area contributed by atoms with Gasteiger partial charge in [0, 0.05) is 49.1 Å². The highest BCUT2D eigenvalue weighted by Gasteiger charge is 2.31. The van der Waals surface area contributed by atoms with Crippen LogP contribution in [0.25, 0.3) is 0 Å². The van der Waals surface area contributed by atoms with Gasteiger partial charge in [-0.25, -0.2) is 8.42 Å². The Morgan fingerprint density at radius 1 is 1.35 bits per heavy atom. The summed E-state index contributed by atoms with van der Waals surface area (Å²) in [5, 5.41) is 3.12. The average Bonchev–Trinajstić information content (AvgIpc) is 3.21. The van der Waals surface area contributed by atoms with Crippen molar-refractivity contribution in [1.82, 2.24) is 14.2 Å². The summed E-state index contributed by atoms with van der Waals surface area (Å²) in [4.78, 5) is 0.460. The van der Waals surface area contributed by atoms with Crippen LogP contribution < -0.4 is 5.32 Å². The third-order valence-corrected chi connectivity index (χ3v) is 6.62. The highest BCUT2D eigenvalue weighted by Crippen LogP contribution is 2.37. The van der Waals surface area contributed by atoms with Crippen LogP contribution >= 0.6 is 11.8 Å². The summed E-state index contributed by atoms with van der Waals surface area (Å²) in [5.41, 5.74) is 1.07. The van der Waals surface area contributed by atoms with E-state index in [4.69, 9.17) is 0 Å². The summed E-state index contributed by atoms with van der Waals surface area (Å²) >= 11 is 1.82. The largest absolute Gasteiger partial charge is 0.346 e. The van der Waals surface area contributed by atoms with E-state index < -0.39 is 10.0 Å². The molecule has 1 aromatic rings. The molecule has 1 saturated carbocycles. The fourth-order valence-corrected chi connectivity index (χ4v) is 5.22. The van der Waals surface area contributed by atoms with E-state index >= 15 is 0 Å². The second-order valence-electron chi connectivity index (χ2n) is 5.35. The Hall–Kier alpha value is -0.500. The molecular formula is C13H21N3O2S2. The maximum absolute atomic E-state index is 12.7. The lowest BCUT2D eigenvalue weighted by atomic mass is 10.4. The molecule has 20 heavy (non-hydrogen) atoms. The summed E-state index contributed by atoms with van der Waals surface area (Å²) in [7, 11) is -1.43. The fourth-order valence-electron chi connectivity index (χ4n) is 2.59. The molecule has 2 fully saturated rings. The number of aromatic nitrogens is 1. The highest BCUT2D eigenvalue weighted by atomic mass is 32.2. The minimum atomic E-state index is -3.32. The van der Waals surface area contributed by atoms with E-state index in [1.54, 1.807) is 4.31 Å². The molecule has 0 amide bonds. The number of thioether (sulfide) groups is 1. The van der Waals surface area contributed by atoms with Crippen molar-refractivity contribution in [1.29, 1.82) is 0 Å². The molecule has 1 aromatic heterocycles. The molecule has 2 aliphatic rings. The van der Waals surface area contributed by atoms with E-state index in [0.29, 0.717) is 30.6 Å². The minimum Gasteiger partial charge on any atom is -0.346 e. The quantitative estimate of drug-likeness (QED) is 0.889. The maximum atomic E-state index is 12.7. The Morgan fingerprint density at radius 2 is 2.05 bits per heavy atom. The number of sulfonamides is 1. The van der Waals surface area contributed by atoms with Crippen LogP contribution in [-0.4, -0.2) is 48.9 Å². The van der Waals surface area contributed by atoms with Crippen molar-refractivity contribution in [2.24, 2.45) is 0 Å². The third-order valence-electron chi connectivity index (χ3n) is 3.81. The van der Waals surface area contributed by atoms with Gasteiger partial charge in [-0.2, -0.15) is 16.1 Å². The number of nitrogens with zero attached hydrogens (tertiary/aromatic N) is 2. The highest BCUT2D eigenvalue weighted by molar-refractivity contribution is 7.99.